The molecular weight excluding hydrogens is 399 g/mol. The minimum Gasteiger partial charge on any atom is -0.386 e. The third-order valence-electron chi connectivity index (χ3n) is 3.86. The van der Waals surface area contributed by atoms with Crippen molar-refractivity contribution in [2.75, 3.05) is 25.8 Å². The van der Waals surface area contributed by atoms with E-state index in [4.69, 9.17) is 22.1 Å². The van der Waals surface area contributed by atoms with Crippen molar-refractivity contribution in [2.24, 2.45) is 0 Å². The van der Waals surface area contributed by atoms with Gasteiger partial charge < -0.3 is 24.6 Å². The second-order valence-electron chi connectivity index (χ2n) is 5.36. The highest BCUT2D eigenvalue weighted by atomic mass is 35.5. The van der Waals surface area contributed by atoms with E-state index in [0.717, 1.165) is 25.0 Å². The van der Waals surface area contributed by atoms with E-state index < -0.39 is 48.8 Å². The second-order valence-corrected chi connectivity index (χ2v) is 7.78. The molecule has 9 nitrogen and oxygen atoms in total. The lowest BCUT2D eigenvalue weighted by Crippen LogP contribution is -2.42. The Bertz CT molecular complexity index is 800. The number of hydrogen-bond acceptors (Lipinski definition) is 8. The molecule has 2 heterocycles. The molecule has 1 aliphatic heterocycles. The Kier molecular flexibility index (Phi) is 6.21. The van der Waals surface area contributed by atoms with Gasteiger partial charge in [0.1, 0.15) is 17.5 Å². The summed E-state index contributed by atoms with van der Waals surface area (Å²) in [6.07, 6.45) is -4.19. The van der Waals surface area contributed by atoms with Crippen molar-refractivity contribution >= 4 is 25.0 Å². The smallest absolute Gasteiger partial charge is 0.386 e. The molecule has 1 aromatic rings. The molecule has 4 atom stereocenters. The van der Waals surface area contributed by atoms with Crippen LogP contribution in [0.25, 0.3) is 0 Å². The molecule has 26 heavy (non-hydrogen) atoms. The van der Waals surface area contributed by atoms with Crippen LogP contribution in [0.2, 0.25) is 0 Å². The molecule has 1 saturated heterocycles. The molecule has 1 aromatic heterocycles. The number of halogens is 3. The number of hydrogen-bond donors (Lipinski definition) is 2. The highest BCUT2D eigenvalue weighted by Crippen LogP contribution is 2.57. The van der Waals surface area contributed by atoms with Crippen LogP contribution < -0.4 is 11.4 Å². The number of aliphatic hydroxyl groups is 1. The van der Waals surface area contributed by atoms with Crippen LogP contribution >= 0.6 is 19.2 Å². The summed E-state index contributed by atoms with van der Waals surface area (Å²) in [5.41, 5.74) is 0.851. The molecule has 0 amide bonds. The maximum atomic E-state index is 14.6. The zero-order valence-corrected chi connectivity index (χ0v) is 15.4. The molecule has 13 heteroatoms. The number of nitrogens with two attached hydrogens (primary N) is 1. The molecule has 3 N–H and O–H groups in total. The van der Waals surface area contributed by atoms with Gasteiger partial charge in [0.15, 0.2) is 12.4 Å². The molecule has 0 bridgehead atoms. The van der Waals surface area contributed by atoms with Crippen molar-refractivity contribution in [3.63, 3.8) is 0 Å². The number of aromatic nitrogens is 2. The number of nitrogen functional groups attached to an aromatic ring is 1. The van der Waals surface area contributed by atoms with Crippen molar-refractivity contribution in [3.05, 3.63) is 34.4 Å². The number of aliphatic hydroxyl groups excluding tert-OH is 1. The summed E-state index contributed by atoms with van der Waals surface area (Å²) in [6.45, 7) is 0. The van der Waals surface area contributed by atoms with E-state index in [-0.39, 0.29) is 5.82 Å². The molecule has 0 spiro atoms. The monoisotopic (exact) mass is 415 g/mol. The largest absolute Gasteiger partial charge is 0.388 e. The van der Waals surface area contributed by atoms with Gasteiger partial charge in [-0.15, -0.1) is 11.6 Å². The van der Waals surface area contributed by atoms with E-state index in [1.165, 1.54) is 6.07 Å². The maximum absolute atomic E-state index is 14.6. The van der Waals surface area contributed by atoms with Crippen LogP contribution in [0.3, 0.4) is 0 Å². The van der Waals surface area contributed by atoms with E-state index in [9.17, 15) is 23.2 Å². The number of rotatable bonds is 6. The first-order chi connectivity index (χ1) is 12.1. The second kappa shape index (κ2) is 7.71. The van der Waals surface area contributed by atoms with Crippen molar-refractivity contribution in [2.45, 2.75) is 24.1 Å². The van der Waals surface area contributed by atoms with Crippen LogP contribution in [0, 0.1) is 0 Å². The molecule has 1 fully saturated rings. The Morgan fingerprint density at radius 2 is 2.23 bits per heavy atom. The van der Waals surface area contributed by atoms with Gasteiger partial charge in [-0.3, -0.25) is 9.13 Å². The molecule has 0 radical (unpaired) electrons. The van der Waals surface area contributed by atoms with Gasteiger partial charge in [0.05, 0.1) is 5.88 Å². The van der Waals surface area contributed by atoms with E-state index in [1.807, 2.05) is 0 Å². The molecular formula is C13H17ClF2N3O6P. The van der Waals surface area contributed by atoms with Crippen molar-refractivity contribution < 1.29 is 32.2 Å². The van der Waals surface area contributed by atoms with E-state index in [1.54, 1.807) is 0 Å². The van der Waals surface area contributed by atoms with Crippen LogP contribution in [0.4, 0.5) is 14.6 Å². The van der Waals surface area contributed by atoms with Gasteiger partial charge in [-0.1, -0.05) is 0 Å². The van der Waals surface area contributed by atoms with Gasteiger partial charge in [0, 0.05) is 20.4 Å². The molecule has 0 aliphatic carbocycles. The fraction of sp³-hybridized carbons (Fsp3) is 0.538. The summed E-state index contributed by atoms with van der Waals surface area (Å²) in [5.74, 6) is -0.723. The maximum Gasteiger partial charge on any atom is 0.388 e. The predicted molar refractivity (Wildman–Crippen MR) is 88.2 cm³/mol. The first-order valence-electron chi connectivity index (χ1n) is 7.15. The third-order valence-corrected chi connectivity index (χ3v) is 5.89. The lowest BCUT2D eigenvalue weighted by Gasteiger charge is -2.26. The van der Waals surface area contributed by atoms with Crippen LogP contribution in [0.5, 0.6) is 0 Å². The summed E-state index contributed by atoms with van der Waals surface area (Å²) in [4.78, 5) is 15.3. The Balaban J connectivity index is 2.48. The summed E-state index contributed by atoms with van der Waals surface area (Å²) >= 11 is 5.77. The van der Waals surface area contributed by atoms with Crippen LogP contribution in [-0.4, -0.2) is 52.6 Å². The average molecular weight is 416 g/mol. The van der Waals surface area contributed by atoms with Gasteiger partial charge in [-0.2, -0.15) is 9.37 Å². The van der Waals surface area contributed by atoms with E-state index in [0.29, 0.717) is 6.08 Å². The average Bonchev–Trinajstić information content (AvgIpc) is 2.86. The van der Waals surface area contributed by atoms with Crippen molar-refractivity contribution in [1.82, 2.24) is 9.55 Å². The zero-order chi connectivity index (χ0) is 19.7. The Hall–Kier alpha value is -1.36. The number of anilines is 1. The van der Waals surface area contributed by atoms with E-state index in [2.05, 4.69) is 14.0 Å². The third kappa shape index (κ3) is 3.55. The molecule has 146 valence electrons. The minimum atomic E-state index is -4.31. The summed E-state index contributed by atoms with van der Waals surface area (Å²) in [6, 6.07) is 1.21. The fourth-order valence-corrected chi connectivity index (χ4v) is 3.59. The summed E-state index contributed by atoms with van der Waals surface area (Å²) in [5, 5.41) is 10.2. The van der Waals surface area contributed by atoms with E-state index >= 15 is 0 Å². The van der Waals surface area contributed by atoms with Gasteiger partial charge in [0.25, 0.3) is 0 Å². The molecule has 0 aromatic carbocycles. The lowest BCUT2D eigenvalue weighted by atomic mass is 9.98. The standard InChI is InChI=1S/C13H17ClF2N3O6P/c1-23-26(22,24-2)7(15)5-13(6-14)10(20)9(16)11(25-13)19-4-3-8(17)18-12(19)21/h3-5,9-11,20H,6H2,1-2H3,(H2,17,18,21)/b7-5+/t9?,10-,11+,13-/m0/s1. The number of ether oxygens (including phenoxy) is 1. The van der Waals surface area contributed by atoms with Crippen LogP contribution in [0.15, 0.2) is 28.7 Å². The van der Waals surface area contributed by atoms with Gasteiger partial charge >= 0.3 is 13.3 Å². The molecule has 2 rings (SSSR count). The summed E-state index contributed by atoms with van der Waals surface area (Å²) in [7, 11) is -2.43. The summed E-state index contributed by atoms with van der Waals surface area (Å²) < 4.78 is 56.1. The molecule has 0 saturated carbocycles. The first kappa shape index (κ1) is 20.9. The lowest BCUT2D eigenvalue weighted by molar-refractivity contribution is -0.0616. The number of nitrogens with zero attached hydrogens (tertiary/aromatic N) is 2. The SMILES string of the molecule is COP(=O)(OC)/C(F)=C/[C@@]1(CCl)O[C@@H](n2ccc(N)nc2=O)C(F)[C@@H]1O. The van der Waals surface area contributed by atoms with Gasteiger partial charge in [0.2, 0.25) is 5.57 Å². The Labute approximate surface area is 151 Å². The topological polar surface area (TPSA) is 126 Å². The van der Waals surface area contributed by atoms with Crippen molar-refractivity contribution in [1.29, 1.82) is 0 Å². The molecule has 1 aliphatic rings. The Morgan fingerprint density at radius 3 is 2.73 bits per heavy atom. The zero-order valence-electron chi connectivity index (χ0n) is 13.7. The van der Waals surface area contributed by atoms with Gasteiger partial charge in [-0.25, -0.2) is 9.18 Å². The van der Waals surface area contributed by atoms with Crippen LogP contribution in [0.1, 0.15) is 6.23 Å². The Morgan fingerprint density at radius 1 is 1.62 bits per heavy atom. The number of alkyl halides is 2. The highest BCUT2D eigenvalue weighted by molar-refractivity contribution is 7.58. The van der Waals surface area contributed by atoms with Gasteiger partial charge in [-0.05, 0) is 12.1 Å². The predicted octanol–water partition coefficient (Wildman–Crippen LogP) is 1.33. The molecule has 1 unspecified atom stereocenters. The van der Waals surface area contributed by atoms with Crippen LogP contribution in [-0.2, 0) is 18.3 Å². The minimum absolute atomic E-state index is 0.101. The first-order valence-corrected chi connectivity index (χ1v) is 9.23. The van der Waals surface area contributed by atoms with Crippen molar-refractivity contribution in [3.8, 4) is 0 Å². The fourth-order valence-electron chi connectivity index (χ4n) is 2.41. The highest BCUT2D eigenvalue weighted by Gasteiger charge is 2.56. The normalized spacial score (nSPS) is 29.9. The quantitative estimate of drug-likeness (QED) is 0.526.